The Morgan fingerprint density at radius 3 is 2.83 bits per heavy atom. The van der Waals surface area contributed by atoms with E-state index in [1.807, 2.05) is 55.5 Å². The van der Waals surface area contributed by atoms with Crippen molar-refractivity contribution >= 4 is 23.2 Å². The average Bonchev–Trinajstić information content (AvgIpc) is 2.98. The number of para-hydroxylation sites is 1. The van der Waals surface area contributed by atoms with E-state index in [1.165, 1.54) is 5.56 Å². The standard InChI is InChI=1S/C17H17N5O/c1-13-6-8-14(9-7-13)12-18-20-17(23)10-11-22-16-5-3-2-4-15(16)19-21-22/h2-9,12H,10-11H2,1H3,(H,20,23). The van der Waals surface area contributed by atoms with Gasteiger partial charge in [0.2, 0.25) is 5.91 Å². The summed E-state index contributed by atoms with van der Waals surface area (Å²) in [6.07, 6.45) is 1.92. The van der Waals surface area contributed by atoms with E-state index >= 15 is 0 Å². The predicted molar refractivity (Wildman–Crippen MR) is 89.1 cm³/mol. The van der Waals surface area contributed by atoms with Gasteiger partial charge in [0.25, 0.3) is 0 Å². The number of aromatic nitrogens is 3. The van der Waals surface area contributed by atoms with Crippen molar-refractivity contribution in [3.63, 3.8) is 0 Å². The molecule has 0 unspecified atom stereocenters. The largest absolute Gasteiger partial charge is 0.273 e. The number of nitrogens with one attached hydrogen (secondary N) is 1. The van der Waals surface area contributed by atoms with E-state index in [2.05, 4.69) is 20.8 Å². The first-order valence-electron chi connectivity index (χ1n) is 7.39. The molecule has 0 spiro atoms. The lowest BCUT2D eigenvalue weighted by molar-refractivity contribution is -0.121. The lowest BCUT2D eigenvalue weighted by Crippen LogP contribution is -2.19. The van der Waals surface area contributed by atoms with E-state index in [-0.39, 0.29) is 5.91 Å². The number of fused-ring (bicyclic) bond motifs is 1. The van der Waals surface area contributed by atoms with Gasteiger partial charge in [0.15, 0.2) is 0 Å². The summed E-state index contributed by atoms with van der Waals surface area (Å²) in [6, 6.07) is 15.6. The van der Waals surface area contributed by atoms with E-state index in [0.717, 1.165) is 16.6 Å². The molecule has 3 aromatic rings. The van der Waals surface area contributed by atoms with E-state index in [4.69, 9.17) is 0 Å². The normalized spacial score (nSPS) is 11.2. The fourth-order valence-electron chi connectivity index (χ4n) is 2.18. The molecule has 1 aromatic heterocycles. The summed E-state index contributed by atoms with van der Waals surface area (Å²) in [6.45, 7) is 2.49. The molecule has 0 aliphatic carbocycles. The van der Waals surface area contributed by atoms with E-state index in [9.17, 15) is 4.79 Å². The van der Waals surface area contributed by atoms with Crippen LogP contribution in [-0.2, 0) is 11.3 Å². The van der Waals surface area contributed by atoms with Crippen molar-refractivity contribution in [3.8, 4) is 0 Å². The monoisotopic (exact) mass is 307 g/mol. The van der Waals surface area contributed by atoms with Gasteiger partial charge < -0.3 is 0 Å². The number of carbonyl (C=O) groups is 1. The molecule has 116 valence electrons. The Bertz CT molecular complexity index is 836. The van der Waals surface area contributed by atoms with Crippen molar-refractivity contribution in [2.24, 2.45) is 5.10 Å². The summed E-state index contributed by atoms with van der Waals surface area (Å²) >= 11 is 0. The Morgan fingerprint density at radius 1 is 1.22 bits per heavy atom. The van der Waals surface area contributed by atoms with Gasteiger partial charge in [-0.15, -0.1) is 5.10 Å². The first-order valence-corrected chi connectivity index (χ1v) is 7.39. The van der Waals surface area contributed by atoms with Gasteiger partial charge in [-0.2, -0.15) is 5.10 Å². The zero-order chi connectivity index (χ0) is 16.1. The molecule has 1 amide bonds. The molecule has 0 aliphatic heterocycles. The van der Waals surface area contributed by atoms with Crippen LogP contribution in [0.5, 0.6) is 0 Å². The van der Waals surface area contributed by atoms with Crippen LogP contribution in [0.2, 0.25) is 0 Å². The molecular formula is C17H17N5O. The van der Waals surface area contributed by atoms with Crippen LogP contribution in [0.3, 0.4) is 0 Å². The van der Waals surface area contributed by atoms with Gasteiger partial charge in [-0.05, 0) is 24.6 Å². The summed E-state index contributed by atoms with van der Waals surface area (Å²) in [4.78, 5) is 11.8. The Labute approximate surface area is 133 Å². The number of hydrazone groups is 1. The highest BCUT2D eigenvalue weighted by Gasteiger charge is 2.05. The minimum atomic E-state index is -0.159. The van der Waals surface area contributed by atoms with Gasteiger partial charge in [-0.3, -0.25) is 4.79 Å². The van der Waals surface area contributed by atoms with Crippen LogP contribution in [0.4, 0.5) is 0 Å². The number of carbonyl (C=O) groups excluding carboxylic acids is 1. The maximum atomic E-state index is 11.8. The number of hydrogen-bond donors (Lipinski definition) is 1. The summed E-state index contributed by atoms with van der Waals surface area (Å²) in [5.74, 6) is -0.159. The van der Waals surface area contributed by atoms with Crippen LogP contribution in [0.15, 0.2) is 53.6 Å². The van der Waals surface area contributed by atoms with Gasteiger partial charge >= 0.3 is 0 Å². The number of hydrogen-bond acceptors (Lipinski definition) is 4. The minimum absolute atomic E-state index is 0.159. The maximum Gasteiger partial charge on any atom is 0.241 e. The SMILES string of the molecule is Cc1ccc(C=NNC(=O)CCn2nnc3ccccc32)cc1. The molecule has 23 heavy (non-hydrogen) atoms. The molecule has 1 heterocycles. The van der Waals surface area contributed by atoms with Crippen LogP contribution in [0.1, 0.15) is 17.5 Å². The third-order valence-electron chi connectivity index (χ3n) is 3.45. The van der Waals surface area contributed by atoms with Crippen LogP contribution in [0.25, 0.3) is 11.0 Å². The molecule has 0 radical (unpaired) electrons. The highest BCUT2D eigenvalue weighted by atomic mass is 16.2. The van der Waals surface area contributed by atoms with Gasteiger partial charge in [0.05, 0.1) is 18.3 Å². The molecule has 6 nitrogen and oxygen atoms in total. The summed E-state index contributed by atoms with van der Waals surface area (Å²) in [7, 11) is 0. The van der Waals surface area contributed by atoms with Crippen molar-refractivity contribution < 1.29 is 4.79 Å². The van der Waals surface area contributed by atoms with Crippen LogP contribution in [0, 0.1) is 6.92 Å². The maximum absolute atomic E-state index is 11.8. The Hall–Kier alpha value is -3.02. The molecule has 0 atom stereocenters. The number of nitrogens with zero attached hydrogens (tertiary/aromatic N) is 4. The van der Waals surface area contributed by atoms with Gasteiger partial charge in [-0.1, -0.05) is 47.2 Å². The van der Waals surface area contributed by atoms with Crippen LogP contribution < -0.4 is 5.43 Å². The van der Waals surface area contributed by atoms with Crippen molar-refractivity contribution in [1.82, 2.24) is 20.4 Å². The highest BCUT2D eigenvalue weighted by molar-refractivity contribution is 5.82. The van der Waals surface area contributed by atoms with Crippen molar-refractivity contribution in [1.29, 1.82) is 0 Å². The summed E-state index contributed by atoms with van der Waals surface area (Å²) in [5, 5.41) is 12.1. The molecule has 0 bridgehead atoms. The van der Waals surface area contributed by atoms with Gasteiger partial charge in [0, 0.05) is 6.42 Å². The molecule has 3 rings (SSSR count). The Kier molecular flexibility index (Phi) is 4.42. The molecular weight excluding hydrogens is 290 g/mol. The molecule has 0 fully saturated rings. The first-order chi connectivity index (χ1) is 11.2. The zero-order valence-electron chi connectivity index (χ0n) is 12.8. The number of aryl methyl sites for hydroxylation is 2. The lowest BCUT2D eigenvalue weighted by atomic mass is 10.2. The fourth-order valence-corrected chi connectivity index (χ4v) is 2.18. The smallest absolute Gasteiger partial charge is 0.241 e. The number of amides is 1. The quantitative estimate of drug-likeness (QED) is 0.580. The van der Waals surface area contributed by atoms with Crippen molar-refractivity contribution in [2.75, 3.05) is 0 Å². The van der Waals surface area contributed by atoms with Crippen molar-refractivity contribution in [2.45, 2.75) is 19.9 Å². The fraction of sp³-hybridized carbons (Fsp3) is 0.176. The van der Waals surface area contributed by atoms with Gasteiger partial charge in [-0.25, -0.2) is 10.1 Å². The molecule has 0 saturated carbocycles. The highest BCUT2D eigenvalue weighted by Crippen LogP contribution is 2.09. The summed E-state index contributed by atoms with van der Waals surface area (Å²) in [5.41, 5.74) is 6.40. The van der Waals surface area contributed by atoms with Crippen LogP contribution >= 0.6 is 0 Å². The number of benzene rings is 2. The zero-order valence-corrected chi connectivity index (χ0v) is 12.8. The second-order valence-electron chi connectivity index (χ2n) is 5.26. The molecule has 6 heteroatoms. The number of rotatable bonds is 5. The molecule has 0 aliphatic rings. The van der Waals surface area contributed by atoms with Crippen LogP contribution in [-0.4, -0.2) is 27.1 Å². The summed E-state index contributed by atoms with van der Waals surface area (Å²) < 4.78 is 1.72. The third kappa shape index (κ3) is 3.79. The minimum Gasteiger partial charge on any atom is -0.273 e. The van der Waals surface area contributed by atoms with E-state index in [0.29, 0.717) is 13.0 Å². The lowest BCUT2D eigenvalue weighted by Gasteiger charge is -2.01. The molecule has 2 aromatic carbocycles. The third-order valence-corrected chi connectivity index (χ3v) is 3.45. The van der Waals surface area contributed by atoms with Gasteiger partial charge in [0.1, 0.15) is 5.52 Å². The predicted octanol–water partition coefficient (Wildman–Crippen LogP) is 2.28. The van der Waals surface area contributed by atoms with E-state index in [1.54, 1.807) is 10.9 Å². The average molecular weight is 307 g/mol. The Balaban J connectivity index is 1.52. The van der Waals surface area contributed by atoms with E-state index < -0.39 is 0 Å². The second-order valence-corrected chi connectivity index (χ2v) is 5.26. The topological polar surface area (TPSA) is 72.2 Å². The Morgan fingerprint density at radius 2 is 2.00 bits per heavy atom. The molecule has 1 N–H and O–H groups in total. The first kappa shape index (κ1) is 14.9. The van der Waals surface area contributed by atoms with Crippen molar-refractivity contribution in [3.05, 3.63) is 59.7 Å². The molecule has 0 saturated heterocycles. The second kappa shape index (κ2) is 6.83.